The molecule has 0 spiro atoms. The maximum atomic E-state index is 12.0. The van der Waals surface area contributed by atoms with Crippen molar-refractivity contribution in [1.82, 2.24) is 10.0 Å². The Hall–Kier alpha value is -1.16. The van der Waals surface area contributed by atoms with Gasteiger partial charge in [-0.05, 0) is 18.6 Å². The van der Waals surface area contributed by atoms with E-state index in [1.165, 1.54) is 19.2 Å². The van der Waals surface area contributed by atoms with Gasteiger partial charge in [-0.15, -0.1) is 11.3 Å². The average molecular weight is 383 g/mol. The predicted octanol–water partition coefficient (Wildman–Crippen LogP) is 1.53. The zero-order valence-electron chi connectivity index (χ0n) is 12.8. The third-order valence-electron chi connectivity index (χ3n) is 2.90. The quantitative estimate of drug-likeness (QED) is 0.630. The van der Waals surface area contributed by atoms with Gasteiger partial charge in [-0.2, -0.15) is 0 Å². The van der Waals surface area contributed by atoms with Crippen LogP contribution in [0.2, 0.25) is 4.34 Å². The van der Waals surface area contributed by atoms with Crippen LogP contribution in [0.1, 0.15) is 26.2 Å². The molecule has 1 aromatic rings. The molecule has 0 saturated carbocycles. The van der Waals surface area contributed by atoms with E-state index in [9.17, 15) is 18.0 Å². The third kappa shape index (κ3) is 6.46. The number of methoxy groups -OCH3 is 1. The maximum Gasteiger partial charge on any atom is 0.328 e. The fourth-order valence-electron chi connectivity index (χ4n) is 1.72. The Bertz CT molecular complexity index is 645. The Kier molecular flexibility index (Phi) is 7.97. The molecule has 0 fully saturated rings. The van der Waals surface area contributed by atoms with Crippen LogP contribution in [0.15, 0.2) is 16.3 Å². The van der Waals surface area contributed by atoms with Gasteiger partial charge in [0.15, 0.2) is 0 Å². The number of hydrogen-bond donors (Lipinski definition) is 2. The molecular weight excluding hydrogens is 364 g/mol. The van der Waals surface area contributed by atoms with Crippen molar-refractivity contribution in [2.24, 2.45) is 0 Å². The first kappa shape index (κ1) is 19.9. The van der Waals surface area contributed by atoms with Gasteiger partial charge in [0, 0.05) is 0 Å². The number of carbonyl (C=O) groups is 2. The van der Waals surface area contributed by atoms with Gasteiger partial charge in [0.05, 0.1) is 18.0 Å². The SMILES string of the molecule is CCCCC(NC(=O)CNS(=O)(=O)c1ccc(Cl)s1)C(=O)OC. The monoisotopic (exact) mass is 382 g/mol. The van der Waals surface area contributed by atoms with Crippen LogP contribution in [-0.2, 0) is 24.3 Å². The van der Waals surface area contributed by atoms with Crippen LogP contribution in [0.5, 0.6) is 0 Å². The van der Waals surface area contributed by atoms with E-state index in [1.54, 1.807) is 0 Å². The second kappa shape index (κ2) is 9.21. The normalized spacial score (nSPS) is 12.7. The number of unbranched alkanes of at least 4 members (excludes halogenated alkanes) is 1. The van der Waals surface area contributed by atoms with E-state index in [0.717, 1.165) is 24.2 Å². The zero-order valence-corrected chi connectivity index (χ0v) is 15.2. The first-order valence-corrected chi connectivity index (χ1v) is 9.60. The van der Waals surface area contributed by atoms with Gasteiger partial charge in [-0.3, -0.25) is 4.79 Å². The summed E-state index contributed by atoms with van der Waals surface area (Å²) in [6.45, 7) is 1.48. The third-order valence-corrected chi connectivity index (χ3v) is 6.03. The van der Waals surface area contributed by atoms with Crippen LogP contribution in [-0.4, -0.2) is 40.0 Å². The number of ether oxygens (including phenoxy) is 1. The summed E-state index contributed by atoms with van der Waals surface area (Å²) in [5.41, 5.74) is 0. The number of sulfonamides is 1. The second-order valence-corrected chi connectivity index (χ2v) is 8.38. The Balaban J connectivity index is 2.59. The molecule has 1 amide bonds. The molecule has 7 nitrogen and oxygen atoms in total. The van der Waals surface area contributed by atoms with Gasteiger partial charge < -0.3 is 10.1 Å². The molecule has 1 aromatic heterocycles. The van der Waals surface area contributed by atoms with Crippen LogP contribution in [0, 0.1) is 0 Å². The highest BCUT2D eigenvalue weighted by Crippen LogP contribution is 2.25. The standard InChI is InChI=1S/C13H19ClN2O5S2/c1-3-4-5-9(13(18)21-2)16-11(17)8-15-23(19,20)12-7-6-10(14)22-12/h6-7,9,15H,3-5,8H2,1-2H3,(H,16,17). The number of hydrogen-bond acceptors (Lipinski definition) is 6. The highest BCUT2D eigenvalue weighted by atomic mass is 35.5. The molecular formula is C13H19ClN2O5S2. The van der Waals surface area contributed by atoms with E-state index in [-0.39, 0.29) is 4.21 Å². The lowest BCUT2D eigenvalue weighted by atomic mass is 10.1. The summed E-state index contributed by atoms with van der Waals surface area (Å²) in [6, 6.07) is 2.03. The average Bonchev–Trinajstić information content (AvgIpc) is 2.96. The smallest absolute Gasteiger partial charge is 0.328 e. The minimum absolute atomic E-state index is 0.0193. The summed E-state index contributed by atoms with van der Waals surface area (Å²) in [5.74, 6) is -1.16. The first-order valence-electron chi connectivity index (χ1n) is 6.92. The molecule has 0 bridgehead atoms. The van der Waals surface area contributed by atoms with E-state index in [2.05, 4.69) is 14.8 Å². The fourth-order valence-corrected chi connectivity index (χ4v) is 4.23. The first-order chi connectivity index (χ1) is 10.8. The number of carbonyl (C=O) groups excluding carboxylic acids is 2. The van der Waals surface area contributed by atoms with Crippen molar-refractivity contribution in [1.29, 1.82) is 0 Å². The van der Waals surface area contributed by atoms with E-state index in [1.807, 2.05) is 6.92 Å². The fraction of sp³-hybridized carbons (Fsp3) is 0.538. The maximum absolute atomic E-state index is 12.0. The Labute approximate surface area is 144 Å². The molecule has 1 rings (SSSR count). The van der Waals surface area contributed by atoms with Gasteiger partial charge in [-0.1, -0.05) is 31.4 Å². The molecule has 0 aliphatic rings. The van der Waals surface area contributed by atoms with Crippen molar-refractivity contribution in [2.45, 2.75) is 36.4 Å². The Morgan fingerprint density at radius 1 is 1.39 bits per heavy atom. The van der Waals surface area contributed by atoms with Crippen LogP contribution in [0.3, 0.4) is 0 Å². The highest BCUT2D eigenvalue weighted by Gasteiger charge is 2.22. The van der Waals surface area contributed by atoms with E-state index in [0.29, 0.717) is 10.8 Å². The summed E-state index contributed by atoms with van der Waals surface area (Å²) in [6.07, 6.45) is 2.02. The molecule has 1 unspecified atom stereocenters. The molecule has 2 N–H and O–H groups in total. The summed E-state index contributed by atoms with van der Waals surface area (Å²) in [7, 11) is -2.57. The van der Waals surface area contributed by atoms with Crippen molar-refractivity contribution in [3.63, 3.8) is 0 Å². The summed E-state index contributed by atoms with van der Waals surface area (Å²) in [4.78, 5) is 23.4. The predicted molar refractivity (Wildman–Crippen MR) is 88.0 cm³/mol. The number of esters is 1. The number of halogens is 1. The van der Waals surface area contributed by atoms with Crippen molar-refractivity contribution in [2.75, 3.05) is 13.7 Å². The van der Waals surface area contributed by atoms with Crippen molar-refractivity contribution in [3.8, 4) is 0 Å². The summed E-state index contributed by atoms with van der Waals surface area (Å²) < 4.78 is 31.1. The number of rotatable bonds is 9. The second-order valence-electron chi connectivity index (χ2n) is 4.67. The minimum Gasteiger partial charge on any atom is -0.467 e. The molecule has 0 aromatic carbocycles. The molecule has 10 heteroatoms. The Morgan fingerprint density at radius 2 is 2.09 bits per heavy atom. The highest BCUT2D eigenvalue weighted by molar-refractivity contribution is 7.91. The lowest BCUT2D eigenvalue weighted by molar-refractivity contribution is -0.145. The zero-order chi connectivity index (χ0) is 17.5. The molecule has 0 saturated heterocycles. The van der Waals surface area contributed by atoms with Crippen LogP contribution >= 0.6 is 22.9 Å². The van der Waals surface area contributed by atoms with Gasteiger partial charge >= 0.3 is 5.97 Å². The van der Waals surface area contributed by atoms with Gasteiger partial charge in [-0.25, -0.2) is 17.9 Å². The molecule has 0 aliphatic carbocycles. The number of amides is 1. The van der Waals surface area contributed by atoms with Gasteiger partial charge in [0.2, 0.25) is 5.91 Å². The topological polar surface area (TPSA) is 102 Å². The number of nitrogens with one attached hydrogen (secondary N) is 2. The van der Waals surface area contributed by atoms with Crippen molar-refractivity contribution in [3.05, 3.63) is 16.5 Å². The molecule has 1 heterocycles. The summed E-state index contributed by atoms with van der Waals surface area (Å²) >= 11 is 6.58. The van der Waals surface area contributed by atoms with Crippen LogP contribution in [0.25, 0.3) is 0 Å². The van der Waals surface area contributed by atoms with E-state index in [4.69, 9.17) is 11.6 Å². The van der Waals surface area contributed by atoms with Crippen LogP contribution in [0.4, 0.5) is 0 Å². The lowest BCUT2D eigenvalue weighted by Crippen LogP contribution is -2.45. The largest absolute Gasteiger partial charge is 0.467 e. The van der Waals surface area contributed by atoms with Crippen molar-refractivity contribution >= 4 is 44.8 Å². The van der Waals surface area contributed by atoms with Gasteiger partial charge in [0.1, 0.15) is 10.3 Å². The summed E-state index contributed by atoms with van der Waals surface area (Å²) in [5, 5.41) is 2.47. The Morgan fingerprint density at radius 3 is 2.61 bits per heavy atom. The van der Waals surface area contributed by atoms with E-state index < -0.39 is 34.5 Å². The van der Waals surface area contributed by atoms with Crippen LogP contribution < -0.4 is 10.0 Å². The number of thiophene rings is 1. The molecule has 130 valence electrons. The van der Waals surface area contributed by atoms with E-state index >= 15 is 0 Å². The van der Waals surface area contributed by atoms with Crippen molar-refractivity contribution < 1.29 is 22.7 Å². The minimum atomic E-state index is -3.81. The molecule has 0 aliphatic heterocycles. The molecule has 23 heavy (non-hydrogen) atoms. The molecule has 0 radical (unpaired) electrons. The van der Waals surface area contributed by atoms with Gasteiger partial charge in [0.25, 0.3) is 10.0 Å². The lowest BCUT2D eigenvalue weighted by Gasteiger charge is -2.16. The molecule has 1 atom stereocenters.